The topological polar surface area (TPSA) is 67.6 Å². The maximum absolute atomic E-state index is 8.89. The molecule has 2 aromatic rings. The van der Waals surface area contributed by atoms with E-state index >= 15 is 0 Å². The molecule has 0 saturated carbocycles. The molecule has 0 saturated heterocycles. The SMILES string of the molecule is N#Cc1c(N)ncn1-c1ccc(Cl)cc1. The fourth-order valence-corrected chi connectivity index (χ4v) is 1.40. The number of nitrogens with two attached hydrogens (primary N) is 1. The molecule has 0 aliphatic rings. The van der Waals surface area contributed by atoms with Crippen LogP contribution in [0.1, 0.15) is 5.69 Å². The summed E-state index contributed by atoms with van der Waals surface area (Å²) in [5.41, 5.74) is 6.68. The number of hydrogen-bond acceptors (Lipinski definition) is 3. The zero-order valence-electron chi connectivity index (χ0n) is 7.68. The van der Waals surface area contributed by atoms with E-state index in [9.17, 15) is 0 Å². The highest BCUT2D eigenvalue weighted by molar-refractivity contribution is 6.30. The molecule has 0 spiro atoms. The van der Waals surface area contributed by atoms with Crippen LogP contribution in [0.4, 0.5) is 5.82 Å². The van der Waals surface area contributed by atoms with E-state index in [2.05, 4.69) is 4.98 Å². The van der Waals surface area contributed by atoms with Crippen molar-refractivity contribution >= 4 is 17.4 Å². The van der Waals surface area contributed by atoms with Gasteiger partial charge in [0.15, 0.2) is 11.5 Å². The predicted molar refractivity (Wildman–Crippen MR) is 57.7 cm³/mol. The first kappa shape index (κ1) is 9.56. The molecule has 5 heteroatoms. The minimum atomic E-state index is 0.229. The zero-order chi connectivity index (χ0) is 10.8. The highest BCUT2D eigenvalue weighted by Crippen LogP contribution is 2.17. The lowest BCUT2D eigenvalue weighted by atomic mass is 10.3. The Hall–Kier alpha value is -1.99. The molecule has 0 aliphatic heterocycles. The Labute approximate surface area is 91.5 Å². The van der Waals surface area contributed by atoms with Crippen LogP contribution in [0.25, 0.3) is 5.69 Å². The number of imidazole rings is 1. The molecule has 1 aromatic heterocycles. The van der Waals surface area contributed by atoms with Crippen molar-refractivity contribution in [2.45, 2.75) is 0 Å². The van der Waals surface area contributed by atoms with Crippen LogP contribution in [0.2, 0.25) is 5.02 Å². The van der Waals surface area contributed by atoms with Crippen LogP contribution in [0.15, 0.2) is 30.6 Å². The second-order valence-electron chi connectivity index (χ2n) is 2.94. The molecule has 15 heavy (non-hydrogen) atoms. The van der Waals surface area contributed by atoms with Gasteiger partial charge in [0.1, 0.15) is 12.4 Å². The largest absolute Gasteiger partial charge is 0.381 e. The zero-order valence-corrected chi connectivity index (χ0v) is 8.44. The van der Waals surface area contributed by atoms with Gasteiger partial charge in [0.25, 0.3) is 0 Å². The van der Waals surface area contributed by atoms with E-state index in [1.807, 2.05) is 6.07 Å². The van der Waals surface area contributed by atoms with Crippen LogP contribution >= 0.6 is 11.6 Å². The van der Waals surface area contributed by atoms with Crippen LogP contribution in [-0.4, -0.2) is 9.55 Å². The Kier molecular flexibility index (Phi) is 2.32. The van der Waals surface area contributed by atoms with Crippen molar-refractivity contribution < 1.29 is 0 Å². The van der Waals surface area contributed by atoms with Gasteiger partial charge in [-0.15, -0.1) is 0 Å². The van der Waals surface area contributed by atoms with Crippen molar-refractivity contribution in [1.29, 1.82) is 5.26 Å². The van der Waals surface area contributed by atoms with Crippen LogP contribution in [0, 0.1) is 11.3 Å². The Bertz CT molecular complexity index is 521. The van der Waals surface area contributed by atoms with Crippen LogP contribution in [0.3, 0.4) is 0 Å². The normalized spacial score (nSPS) is 9.87. The van der Waals surface area contributed by atoms with Gasteiger partial charge < -0.3 is 5.73 Å². The summed E-state index contributed by atoms with van der Waals surface area (Å²) >= 11 is 5.76. The second-order valence-corrected chi connectivity index (χ2v) is 3.37. The second kappa shape index (κ2) is 3.64. The Morgan fingerprint density at radius 1 is 1.33 bits per heavy atom. The highest BCUT2D eigenvalue weighted by atomic mass is 35.5. The molecule has 0 unspecified atom stereocenters. The number of nitriles is 1. The van der Waals surface area contributed by atoms with Crippen LogP contribution in [-0.2, 0) is 0 Å². The summed E-state index contributed by atoms with van der Waals surface area (Å²) in [6.07, 6.45) is 1.51. The summed E-state index contributed by atoms with van der Waals surface area (Å²) in [5.74, 6) is 0.229. The van der Waals surface area contributed by atoms with Crippen molar-refractivity contribution in [2.24, 2.45) is 0 Å². The molecule has 1 aromatic carbocycles. The first-order valence-electron chi connectivity index (χ1n) is 4.21. The molecule has 74 valence electrons. The van der Waals surface area contributed by atoms with Gasteiger partial charge in [-0.05, 0) is 24.3 Å². The molecule has 0 atom stereocenters. The molecule has 2 N–H and O–H groups in total. The van der Waals surface area contributed by atoms with Crippen molar-refractivity contribution in [3.05, 3.63) is 41.3 Å². The van der Waals surface area contributed by atoms with E-state index in [4.69, 9.17) is 22.6 Å². The molecule has 0 amide bonds. The average Bonchev–Trinajstić information content (AvgIpc) is 2.61. The summed E-state index contributed by atoms with van der Waals surface area (Å²) < 4.78 is 1.62. The first-order valence-corrected chi connectivity index (χ1v) is 4.59. The number of nitrogen functional groups attached to an aromatic ring is 1. The molecule has 0 fully saturated rings. The summed E-state index contributed by atoms with van der Waals surface area (Å²) in [5, 5.41) is 9.53. The monoisotopic (exact) mass is 218 g/mol. The summed E-state index contributed by atoms with van der Waals surface area (Å²) in [6.45, 7) is 0. The van der Waals surface area contributed by atoms with Gasteiger partial charge >= 0.3 is 0 Å². The van der Waals surface area contributed by atoms with E-state index in [1.165, 1.54) is 6.33 Å². The lowest BCUT2D eigenvalue weighted by Crippen LogP contribution is -1.97. The molecule has 2 rings (SSSR count). The van der Waals surface area contributed by atoms with Gasteiger partial charge in [-0.2, -0.15) is 5.26 Å². The van der Waals surface area contributed by atoms with Crippen molar-refractivity contribution in [3.8, 4) is 11.8 Å². The highest BCUT2D eigenvalue weighted by Gasteiger charge is 2.08. The van der Waals surface area contributed by atoms with Gasteiger partial charge in [0, 0.05) is 10.7 Å². The fraction of sp³-hybridized carbons (Fsp3) is 0. The Morgan fingerprint density at radius 3 is 2.60 bits per heavy atom. The first-order chi connectivity index (χ1) is 7.22. The van der Waals surface area contributed by atoms with Crippen molar-refractivity contribution in [1.82, 2.24) is 9.55 Å². The molecule has 0 bridgehead atoms. The molecular weight excluding hydrogens is 212 g/mol. The van der Waals surface area contributed by atoms with E-state index in [0.717, 1.165) is 5.69 Å². The predicted octanol–water partition coefficient (Wildman–Crippen LogP) is 1.98. The summed E-state index contributed by atoms with van der Waals surface area (Å²) in [6, 6.07) is 9.08. The number of benzene rings is 1. The lowest BCUT2D eigenvalue weighted by molar-refractivity contribution is 1.04. The van der Waals surface area contributed by atoms with Gasteiger partial charge in [-0.25, -0.2) is 4.98 Å². The Balaban J connectivity index is 2.55. The third-order valence-corrected chi connectivity index (χ3v) is 2.26. The minimum Gasteiger partial charge on any atom is -0.381 e. The molecule has 0 radical (unpaired) electrons. The maximum Gasteiger partial charge on any atom is 0.168 e. The third kappa shape index (κ3) is 1.65. The standard InChI is InChI=1S/C10H7ClN4/c11-7-1-3-8(4-2-7)15-6-14-10(13)9(15)5-12/h1-4,6H,13H2. The lowest BCUT2D eigenvalue weighted by Gasteiger charge is -2.02. The molecule has 0 aliphatic carbocycles. The van der Waals surface area contributed by atoms with Crippen LogP contribution < -0.4 is 5.73 Å². The quantitative estimate of drug-likeness (QED) is 0.796. The average molecular weight is 219 g/mol. The number of hydrogen-bond donors (Lipinski definition) is 1. The Morgan fingerprint density at radius 2 is 2.00 bits per heavy atom. The van der Waals surface area contributed by atoms with Crippen molar-refractivity contribution in [3.63, 3.8) is 0 Å². The third-order valence-electron chi connectivity index (χ3n) is 2.01. The van der Waals surface area contributed by atoms with Gasteiger partial charge in [-0.1, -0.05) is 11.6 Å². The van der Waals surface area contributed by atoms with Crippen LogP contribution in [0.5, 0.6) is 0 Å². The summed E-state index contributed by atoms with van der Waals surface area (Å²) in [4.78, 5) is 3.87. The van der Waals surface area contributed by atoms with E-state index in [0.29, 0.717) is 10.7 Å². The van der Waals surface area contributed by atoms with E-state index in [1.54, 1.807) is 28.8 Å². The van der Waals surface area contributed by atoms with Gasteiger partial charge in [0.05, 0.1) is 0 Å². The van der Waals surface area contributed by atoms with E-state index in [-0.39, 0.29) is 5.82 Å². The number of anilines is 1. The molecule has 4 nitrogen and oxygen atoms in total. The number of aromatic nitrogens is 2. The molecular formula is C10H7ClN4. The smallest absolute Gasteiger partial charge is 0.168 e. The maximum atomic E-state index is 8.89. The van der Waals surface area contributed by atoms with Crippen molar-refractivity contribution in [2.75, 3.05) is 5.73 Å². The van der Waals surface area contributed by atoms with Gasteiger partial charge in [0.2, 0.25) is 0 Å². The summed E-state index contributed by atoms with van der Waals surface area (Å²) in [7, 11) is 0. The number of rotatable bonds is 1. The van der Waals surface area contributed by atoms with E-state index < -0.39 is 0 Å². The molecule has 1 heterocycles. The number of nitrogens with zero attached hydrogens (tertiary/aromatic N) is 3. The minimum absolute atomic E-state index is 0.229. The van der Waals surface area contributed by atoms with Gasteiger partial charge in [-0.3, -0.25) is 4.57 Å². The number of halogens is 1. The fourth-order valence-electron chi connectivity index (χ4n) is 1.27.